The van der Waals surface area contributed by atoms with Crippen LogP contribution >= 0.6 is 24.0 Å². The zero-order valence-electron chi connectivity index (χ0n) is 17.0. The maximum absolute atomic E-state index is 5.84. The van der Waals surface area contributed by atoms with Crippen molar-refractivity contribution in [1.82, 2.24) is 10.6 Å². The minimum Gasteiger partial charge on any atom is -0.497 e. The topological polar surface area (TPSA) is 64.1 Å². The Morgan fingerprint density at radius 3 is 2.32 bits per heavy atom. The van der Waals surface area contributed by atoms with Gasteiger partial charge in [0.25, 0.3) is 0 Å². The average Bonchev–Trinajstić information content (AvgIpc) is 2.70. The lowest BCUT2D eigenvalue weighted by atomic mass is 10.1. The van der Waals surface area contributed by atoms with Gasteiger partial charge in [-0.3, -0.25) is 4.99 Å². The standard InChI is InChI=1S/C21H29N3O3.HI/c1-16-5-8-18(20(13-16)27-12-11-25-3)15-24-21(22-2)23-14-17-6-9-19(26-4)10-7-17;/h5-10,13H,11-12,14-15H2,1-4H3,(H2,22,23,24);1H. The molecule has 0 bridgehead atoms. The lowest BCUT2D eigenvalue weighted by molar-refractivity contribution is 0.145. The SMILES string of the molecule is CN=C(NCc1ccc(OC)cc1)NCc1ccc(C)cc1OCCOC.I. The maximum Gasteiger partial charge on any atom is 0.191 e. The first-order chi connectivity index (χ1) is 13.2. The summed E-state index contributed by atoms with van der Waals surface area (Å²) in [4.78, 5) is 4.28. The summed E-state index contributed by atoms with van der Waals surface area (Å²) >= 11 is 0. The Balaban J connectivity index is 0.00000392. The largest absolute Gasteiger partial charge is 0.497 e. The van der Waals surface area contributed by atoms with Gasteiger partial charge in [-0.2, -0.15) is 0 Å². The third-order valence-corrected chi connectivity index (χ3v) is 4.06. The van der Waals surface area contributed by atoms with Crippen LogP contribution in [0.15, 0.2) is 47.5 Å². The molecule has 0 aliphatic rings. The van der Waals surface area contributed by atoms with Crippen LogP contribution < -0.4 is 20.1 Å². The molecule has 0 radical (unpaired) electrons. The van der Waals surface area contributed by atoms with E-state index < -0.39 is 0 Å². The van der Waals surface area contributed by atoms with Crippen molar-refractivity contribution in [2.75, 3.05) is 34.5 Å². The normalized spacial score (nSPS) is 10.8. The molecule has 0 aliphatic heterocycles. The molecular weight excluding hydrogens is 469 g/mol. The quantitative estimate of drug-likeness (QED) is 0.239. The predicted molar refractivity (Wildman–Crippen MR) is 124 cm³/mol. The number of methoxy groups -OCH3 is 2. The highest BCUT2D eigenvalue weighted by atomic mass is 127. The predicted octanol–water partition coefficient (Wildman–Crippen LogP) is 3.51. The first-order valence-electron chi connectivity index (χ1n) is 8.95. The van der Waals surface area contributed by atoms with Gasteiger partial charge in [-0.15, -0.1) is 24.0 Å². The lowest BCUT2D eigenvalue weighted by Gasteiger charge is -2.15. The smallest absolute Gasteiger partial charge is 0.191 e. The Kier molecular flexibility index (Phi) is 11.4. The van der Waals surface area contributed by atoms with E-state index >= 15 is 0 Å². The molecule has 2 aromatic rings. The number of ether oxygens (including phenoxy) is 3. The van der Waals surface area contributed by atoms with Crippen LogP contribution in [0.2, 0.25) is 0 Å². The molecule has 2 aromatic carbocycles. The van der Waals surface area contributed by atoms with Gasteiger partial charge >= 0.3 is 0 Å². The van der Waals surface area contributed by atoms with Crippen molar-refractivity contribution in [1.29, 1.82) is 0 Å². The zero-order chi connectivity index (χ0) is 19.5. The fraction of sp³-hybridized carbons (Fsp3) is 0.381. The van der Waals surface area contributed by atoms with Gasteiger partial charge in [-0.25, -0.2) is 0 Å². The van der Waals surface area contributed by atoms with Gasteiger partial charge in [0, 0.05) is 32.8 Å². The number of nitrogens with one attached hydrogen (secondary N) is 2. The Hall–Kier alpha value is -2.00. The van der Waals surface area contributed by atoms with Crippen LogP contribution in [0, 0.1) is 6.92 Å². The van der Waals surface area contributed by atoms with E-state index in [-0.39, 0.29) is 24.0 Å². The van der Waals surface area contributed by atoms with Crippen LogP contribution in [0.1, 0.15) is 16.7 Å². The lowest BCUT2D eigenvalue weighted by Crippen LogP contribution is -2.36. The van der Waals surface area contributed by atoms with E-state index in [1.54, 1.807) is 21.3 Å². The molecule has 0 spiro atoms. The summed E-state index contributed by atoms with van der Waals surface area (Å²) in [5, 5.41) is 6.65. The molecule has 2 N–H and O–H groups in total. The van der Waals surface area contributed by atoms with Crippen molar-refractivity contribution >= 4 is 29.9 Å². The van der Waals surface area contributed by atoms with Crippen LogP contribution in [-0.2, 0) is 17.8 Å². The molecule has 0 unspecified atom stereocenters. The van der Waals surface area contributed by atoms with Gasteiger partial charge in [0.2, 0.25) is 0 Å². The molecule has 0 saturated carbocycles. The molecule has 28 heavy (non-hydrogen) atoms. The fourth-order valence-electron chi connectivity index (χ4n) is 2.51. The summed E-state index contributed by atoms with van der Waals surface area (Å²) in [5.41, 5.74) is 3.38. The second-order valence-electron chi connectivity index (χ2n) is 6.08. The third-order valence-electron chi connectivity index (χ3n) is 4.06. The van der Waals surface area contributed by atoms with Gasteiger partial charge in [0.15, 0.2) is 5.96 Å². The van der Waals surface area contributed by atoms with Crippen molar-refractivity contribution in [3.63, 3.8) is 0 Å². The van der Waals surface area contributed by atoms with Crippen molar-refractivity contribution in [2.24, 2.45) is 4.99 Å². The van der Waals surface area contributed by atoms with Crippen LogP contribution in [0.25, 0.3) is 0 Å². The summed E-state index contributed by atoms with van der Waals surface area (Å²) in [6, 6.07) is 14.1. The van der Waals surface area contributed by atoms with Crippen LogP contribution in [0.3, 0.4) is 0 Å². The molecule has 154 valence electrons. The monoisotopic (exact) mass is 499 g/mol. The highest BCUT2D eigenvalue weighted by molar-refractivity contribution is 14.0. The van der Waals surface area contributed by atoms with E-state index in [1.807, 2.05) is 30.3 Å². The van der Waals surface area contributed by atoms with Gasteiger partial charge < -0.3 is 24.8 Å². The van der Waals surface area contributed by atoms with Crippen LogP contribution in [-0.4, -0.2) is 40.4 Å². The minimum absolute atomic E-state index is 0. The van der Waals surface area contributed by atoms with E-state index in [0.717, 1.165) is 34.1 Å². The van der Waals surface area contributed by atoms with E-state index in [4.69, 9.17) is 14.2 Å². The molecular formula is C21H30IN3O3. The molecule has 0 aromatic heterocycles. The highest BCUT2D eigenvalue weighted by Crippen LogP contribution is 2.20. The second-order valence-corrected chi connectivity index (χ2v) is 6.08. The average molecular weight is 499 g/mol. The molecule has 2 rings (SSSR count). The Bertz CT molecular complexity index is 736. The number of aliphatic imine (C=N–C) groups is 1. The number of aryl methyl sites for hydroxylation is 1. The van der Waals surface area contributed by atoms with Crippen molar-refractivity contribution in [2.45, 2.75) is 20.0 Å². The number of halogens is 1. The number of nitrogens with zero attached hydrogens (tertiary/aromatic N) is 1. The number of guanidine groups is 1. The van der Waals surface area contributed by atoms with Gasteiger partial charge in [-0.1, -0.05) is 24.3 Å². The summed E-state index contributed by atoms with van der Waals surface area (Å²) in [7, 11) is 5.09. The molecule has 6 nitrogen and oxygen atoms in total. The first kappa shape index (κ1) is 24.0. The second kappa shape index (κ2) is 13.2. The number of benzene rings is 2. The summed E-state index contributed by atoms with van der Waals surface area (Å²) in [6.45, 7) is 4.43. The third kappa shape index (κ3) is 7.93. The fourth-order valence-corrected chi connectivity index (χ4v) is 2.51. The van der Waals surface area contributed by atoms with Crippen LogP contribution in [0.5, 0.6) is 11.5 Å². The Morgan fingerprint density at radius 1 is 0.964 bits per heavy atom. The molecule has 0 saturated heterocycles. The van der Waals surface area contributed by atoms with Gasteiger partial charge in [0.1, 0.15) is 18.1 Å². The molecule has 7 heteroatoms. The summed E-state index contributed by atoms with van der Waals surface area (Å²) in [5.74, 6) is 2.45. The maximum atomic E-state index is 5.84. The van der Waals surface area contributed by atoms with Crippen LogP contribution in [0.4, 0.5) is 0 Å². The number of hydrogen-bond acceptors (Lipinski definition) is 4. The summed E-state index contributed by atoms with van der Waals surface area (Å²) < 4.78 is 16.1. The first-order valence-corrected chi connectivity index (χ1v) is 8.95. The zero-order valence-corrected chi connectivity index (χ0v) is 19.3. The van der Waals surface area contributed by atoms with Crippen molar-refractivity contribution in [3.05, 3.63) is 59.2 Å². The molecule has 0 aliphatic carbocycles. The molecule has 0 atom stereocenters. The molecule has 0 amide bonds. The van der Waals surface area contributed by atoms with Gasteiger partial charge in [-0.05, 0) is 36.2 Å². The highest BCUT2D eigenvalue weighted by Gasteiger charge is 2.06. The van der Waals surface area contributed by atoms with E-state index in [9.17, 15) is 0 Å². The Morgan fingerprint density at radius 2 is 1.68 bits per heavy atom. The molecule has 0 fully saturated rings. The number of hydrogen-bond donors (Lipinski definition) is 2. The minimum atomic E-state index is 0. The van der Waals surface area contributed by atoms with Crippen molar-refractivity contribution < 1.29 is 14.2 Å². The molecule has 0 heterocycles. The van der Waals surface area contributed by atoms with E-state index in [1.165, 1.54) is 0 Å². The van der Waals surface area contributed by atoms with E-state index in [2.05, 4.69) is 34.7 Å². The van der Waals surface area contributed by atoms with E-state index in [0.29, 0.717) is 26.3 Å². The summed E-state index contributed by atoms with van der Waals surface area (Å²) in [6.07, 6.45) is 0. The Labute approximate surface area is 184 Å². The number of rotatable bonds is 9. The van der Waals surface area contributed by atoms with Gasteiger partial charge in [0.05, 0.1) is 13.7 Å². The van der Waals surface area contributed by atoms with Crippen molar-refractivity contribution in [3.8, 4) is 11.5 Å².